The average Bonchev–Trinajstić information content (AvgIpc) is 3.54. The maximum atomic E-state index is 12.9. The number of rotatable bonds is 6. The fraction of sp³-hybridized carbons (Fsp3) is 0.542. The zero-order chi connectivity index (χ0) is 24.5. The smallest absolute Gasteiger partial charge is 0.339 e. The van der Waals surface area contributed by atoms with Crippen LogP contribution in [0.25, 0.3) is 5.69 Å². The molecular weight excluding hydrogens is 438 g/mol. The van der Waals surface area contributed by atoms with E-state index in [1.165, 1.54) is 4.90 Å². The zero-order valence-corrected chi connectivity index (χ0v) is 20.0. The van der Waals surface area contributed by atoms with E-state index in [0.29, 0.717) is 37.3 Å². The lowest BCUT2D eigenvalue weighted by Gasteiger charge is -2.29. The highest BCUT2D eigenvalue weighted by Crippen LogP contribution is 2.32. The summed E-state index contributed by atoms with van der Waals surface area (Å²) in [5, 5.41) is 11.2. The number of carbonyl (C=O) groups excluding carboxylic acids is 3. The lowest BCUT2D eigenvalue weighted by Crippen LogP contribution is -2.45. The summed E-state index contributed by atoms with van der Waals surface area (Å²) >= 11 is 0. The van der Waals surface area contributed by atoms with Crippen molar-refractivity contribution in [3.8, 4) is 5.69 Å². The molecule has 2 saturated heterocycles. The van der Waals surface area contributed by atoms with Crippen LogP contribution >= 0.6 is 0 Å². The molecule has 1 N–H and O–H groups in total. The number of nitrogens with zero attached hydrogens (tertiary/aromatic N) is 4. The van der Waals surface area contributed by atoms with E-state index in [2.05, 4.69) is 15.6 Å². The molecule has 2 atom stereocenters. The van der Waals surface area contributed by atoms with E-state index >= 15 is 0 Å². The number of ether oxygens (including phenoxy) is 2. The Hall–Kier alpha value is -3.27. The molecule has 0 aliphatic carbocycles. The van der Waals surface area contributed by atoms with E-state index in [1.807, 2.05) is 20.8 Å². The number of esters is 1. The van der Waals surface area contributed by atoms with Gasteiger partial charge in [-0.1, -0.05) is 5.21 Å². The Balaban J connectivity index is 1.46. The summed E-state index contributed by atoms with van der Waals surface area (Å²) < 4.78 is 13.1. The molecule has 4 rings (SSSR count). The van der Waals surface area contributed by atoms with Gasteiger partial charge in [0.15, 0.2) is 5.60 Å². The quantitative estimate of drug-likeness (QED) is 0.640. The second-order valence-corrected chi connectivity index (χ2v) is 9.84. The zero-order valence-electron chi connectivity index (χ0n) is 20.0. The van der Waals surface area contributed by atoms with Crippen LogP contribution in [0.2, 0.25) is 0 Å². The second-order valence-electron chi connectivity index (χ2n) is 9.84. The third-order valence-electron chi connectivity index (χ3n) is 6.07. The number of hydrogen-bond donors (Lipinski definition) is 1. The normalized spacial score (nSPS) is 22.5. The maximum Gasteiger partial charge on any atom is 0.339 e. The summed E-state index contributed by atoms with van der Waals surface area (Å²) in [7, 11) is 1.64. The number of likely N-dealkylation sites (N-methyl/N-ethyl adjacent to an activating group) is 1. The predicted octanol–water partition coefficient (Wildman–Crippen LogP) is 1.66. The lowest BCUT2D eigenvalue weighted by atomic mass is 9.94. The van der Waals surface area contributed by atoms with Gasteiger partial charge >= 0.3 is 5.97 Å². The number of benzene rings is 1. The van der Waals surface area contributed by atoms with Crippen LogP contribution in [0, 0.1) is 0 Å². The van der Waals surface area contributed by atoms with Crippen molar-refractivity contribution in [2.75, 3.05) is 20.2 Å². The number of nitrogens with one attached hydrogen (secondary N) is 1. The molecule has 2 aliphatic rings. The Bertz CT molecular complexity index is 1070. The molecule has 2 aliphatic heterocycles. The van der Waals surface area contributed by atoms with Crippen LogP contribution in [0.1, 0.15) is 56.1 Å². The van der Waals surface area contributed by atoms with Gasteiger partial charge in [-0.3, -0.25) is 9.59 Å². The van der Waals surface area contributed by atoms with Gasteiger partial charge in [0.1, 0.15) is 11.6 Å². The summed E-state index contributed by atoms with van der Waals surface area (Å²) in [4.78, 5) is 39.0. The molecule has 1 aromatic carbocycles. The van der Waals surface area contributed by atoms with Gasteiger partial charge in [0, 0.05) is 32.2 Å². The van der Waals surface area contributed by atoms with Crippen LogP contribution in [-0.2, 0) is 25.5 Å². The summed E-state index contributed by atoms with van der Waals surface area (Å²) in [5.41, 5.74) is 0.147. The molecule has 34 heavy (non-hydrogen) atoms. The number of hydrogen-bond acceptors (Lipinski definition) is 7. The molecule has 10 nitrogen and oxygen atoms in total. The minimum atomic E-state index is -1.05. The average molecular weight is 470 g/mol. The van der Waals surface area contributed by atoms with Crippen molar-refractivity contribution >= 4 is 17.8 Å². The highest BCUT2D eigenvalue weighted by atomic mass is 16.6. The minimum Gasteiger partial charge on any atom is -0.458 e. The van der Waals surface area contributed by atoms with Gasteiger partial charge in [-0.05, 0) is 64.3 Å². The van der Waals surface area contributed by atoms with Crippen LogP contribution in [0.4, 0.5) is 0 Å². The number of aromatic nitrogens is 3. The second kappa shape index (κ2) is 9.17. The van der Waals surface area contributed by atoms with Crippen LogP contribution in [0.15, 0.2) is 30.5 Å². The predicted molar refractivity (Wildman–Crippen MR) is 122 cm³/mol. The van der Waals surface area contributed by atoms with Crippen molar-refractivity contribution in [3.63, 3.8) is 0 Å². The molecule has 0 saturated carbocycles. The maximum absolute atomic E-state index is 12.9. The largest absolute Gasteiger partial charge is 0.458 e. The fourth-order valence-corrected chi connectivity index (χ4v) is 4.29. The Morgan fingerprint density at radius 3 is 2.62 bits per heavy atom. The van der Waals surface area contributed by atoms with Gasteiger partial charge in [-0.2, -0.15) is 0 Å². The summed E-state index contributed by atoms with van der Waals surface area (Å²) in [6.07, 6.45) is 3.97. The molecule has 0 radical (unpaired) electrons. The Morgan fingerprint density at radius 2 is 2.03 bits per heavy atom. The number of amides is 2. The summed E-state index contributed by atoms with van der Waals surface area (Å²) in [5.74, 6) is -0.724. The first-order valence-corrected chi connectivity index (χ1v) is 11.5. The molecule has 0 bridgehead atoms. The molecule has 2 unspecified atom stereocenters. The van der Waals surface area contributed by atoms with E-state index in [1.54, 1.807) is 42.2 Å². The highest BCUT2D eigenvalue weighted by molar-refractivity contribution is 5.98. The standard InChI is InChI=1S/C24H31N5O5/c1-23(2,3)34-22(32)24(11-5-13-33-24)14-17-15-29(27-26-17)18-8-6-16(7-9-18)21(31)28(4)19-10-12-25-20(19)30/h6-9,15,19H,5,10-14H2,1-4H3,(H,25,30). The molecular formula is C24H31N5O5. The Labute approximate surface area is 198 Å². The number of carbonyl (C=O) groups is 3. The van der Waals surface area contributed by atoms with Gasteiger partial charge in [-0.15, -0.1) is 5.10 Å². The molecule has 2 aromatic rings. The van der Waals surface area contributed by atoms with Gasteiger partial charge in [-0.25, -0.2) is 9.48 Å². The first-order valence-electron chi connectivity index (χ1n) is 11.5. The molecule has 0 spiro atoms. The minimum absolute atomic E-state index is 0.127. The van der Waals surface area contributed by atoms with E-state index in [9.17, 15) is 14.4 Å². The van der Waals surface area contributed by atoms with Crippen molar-refractivity contribution in [2.24, 2.45) is 0 Å². The molecule has 182 valence electrons. The molecule has 1 aromatic heterocycles. The summed E-state index contributed by atoms with van der Waals surface area (Å²) in [6.45, 7) is 6.57. The topological polar surface area (TPSA) is 116 Å². The van der Waals surface area contributed by atoms with Gasteiger partial charge in [0.05, 0.1) is 17.6 Å². The Kier molecular flexibility index (Phi) is 6.44. The van der Waals surface area contributed by atoms with Crippen molar-refractivity contribution in [1.29, 1.82) is 0 Å². The molecule has 3 heterocycles. The fourth-order valence-electron chi connectivity index (χ4n) is 4.29. The monoisotopic (exact) mass is 469 g/mol. The SMILES string of the molecule is CN(C(=O)c1ccc(-n2cc(CC3(C(=O)OC(C)(C)C)CCCO3)nn2)cc1)C1CCNC1=O. The summed E-state index contributed by atoms with van der Waals surface area (Å²) in [6, 6.07) is 6.49. The first-order chi connectivity index (χ1) is 16.1. The van der Waals surface area contributed by atoms with Crippen molar-refractivity contribution in [3.05, 3.63) is 41.7 Å². The Morgan fingerprint density at radius 1 is 1.29 bits per heavy atom. The van der Waals surface area contributed by atoms with Crippen molar-refractivity contribution in [1.82, 2.24) is 25.2 Å². The third-order valence-corrected chi connectivity index (χ3v) is 6.07. The van der Waals surface area contributed by atoms with E-state index in [0.717, 1.165) is 12.1 Å². The van der Waals surface area contributed by atoms with Crippen molar-refractivity contribution in [2.45, 2.75) is 63.7 Å². The van der Waals surface area contributed by atoms with Gasteiger partial charge in [0.25, 0.3) is 5.91 Å². The van der Waals surface area contributed by atoms with Crippen LogP contribution in [0.3, 0.4) is 0 Å². The van der Waals surface area contributed by atoms with Crippen LogP contribution < -0.4 is 5.32 Å². The van der Waals surface area contributed by atoms with Crippen molar-refractivity contribution < 1.29 is 23.9 Å². The van der Waals surface area contributed by atoms with Gasteiger partial charge < -0.3 is 19.7 Å². The highest BCUT2D eigenvalue weighted by Gasteiger charge is 2.46. The van der Waals surface area contributed by atoms with E-state index in [4.69, 9.17) is 9.47 Å². The van der Waals surface area contributed by atoms with E-state index in [-0.39, 0.29) is 24.2 Å². The first kappa shape index (κ1) is 23.9. The lowest BCUT2D eigenvalue weighted by molar-refractivity contribution is -0.178. The molecule has 10 heteroatoms. The molecule has 2 amide bonds. The van der Waals surface area contributed by atoms with Gasteiger partial charge in [0.2, 0.25) is 5.91 Å². The van der Waals surface area contributed by atoms with Crippen LogP contribution in [0.5, 0.6) is 0 Å². The third kappa shape index (κ3) is 4.96. The van der Waals surface area contributed by atoms with E-state index < -0.39 is 17.2 Å². The molecule has 2 fully saturated rings. The van der Waals surface area contributed by atoms with Crippen LogP contribution in [-0.4, -0.2) is 75.1 Å².